The van der Waals surface area contributed by atoms with Gasteiger partial charge in [0.25, 0.3) is 0 Å². The summed E-state index contributed by atoms with van der Waals surface area (Å²) in [4.78, 5) is 12.7. The maximum Gasteiger partial charge on any atom is 0.107 e. The van der Waals surface area contributed by atoms with Crippen molar-refractivity contribution in [2.45, 2.75) is 45.7 Å². The molecule has 2 aliphatic rings. The molecule has 4 rings (SSSR count). The van der Waals surface area contributed by atoms with Crippen molar-refractivity contribution in [1.29, 1.82) is 0 Å². The fourth-order valence-electron chi connectivity index (χ4n) is 4.18. The second-order valence-corrected chi connectivity index (χ2v) is 9.84. The molecule has 0 bridgehead atoms. The molecule has 24 heavy (non-hydrogen) atoms. The van der Waals surface area contributed by atoms with E-state index in [0.29, 0.717) is 5.41 Å². The first-order valence-corrected chi connectivity index (χ1v) is 10.8. The quantitative estimate of drug-likeness (QED) is 0.805. The van der Waals surface area contributed by atoms with Crippen LogP contribution < -0.4 is 0 Å². The van der Waals surface area contributed by atoms with Gasteiger partial charge in [-0.1, -0.05) is 0 Å². The van der Waals surface area contributed by atoms with E-state index in [1.807, 2.05) is 17.5 Å². The molecule has 4 heterocycles. The summed E-state index contributed by atoms with van der Waals surface area (Å²) in [7, 11) is 0. The summed E-state index contributed by atoms with van der Waals surface area (Å²) in [5.41, 5.74) is 0.626. The highest BCUT2D eigenvalue weighted by molar-refractivity contribution is 7.11. The van der Waals surface area contributed by atoms with Crippen molar-refractivity contribution < 1.29 is 0 Å². The third kappa shape index (κ3) is 3.90. The van der Waals surface area contributed by atoms with Gasteiger partial charge in [-0.15, -0.1) is 22.7 Å². The van der Waals surface area contributed by atoms with Crippen LogP contribution in [0.25, 0.3) is 0 Å². The Morgan fingerprint density at radius 1 is 1.00 bits per heavy atom. The van der Waals surface area contributed by atoms with E-state index in [-0.39, 0.29) is 0 Å². The lowest BCUT2D eigenvalue weighted by atomic mass is 9.71. The van der Waals surface area contributed by atoms with Gasteiger partial charge in [-0.05, 0) is 76.3 Å². The van der Waals surface area contributed by atoms with E-state index in [9.17, 15) is 0 Å². The van der Waals surface area contributed by atoms with Crippen LogP contribution in [-0.2, 0) is 13.1 Å². The van der Waals surface area contributed by atoms with Crippen molar-refractivity contribution >= 4 is 22.7 Å². The molecule has 1 spiro atoms. The second kappa shape index (κ2) is 7.24. The Labute approximate surface area is 153 Å². The smallest absolute Gasteiger partial charge is 0.107 e. The summed E-state index contributed by atoms with van der Waals surface area (Å²) in [5.74, 6) is 0. The molecule has 0 atom stereocenters. The summed E-state index contributed by atoms with van der Waals surface area (Å²) in [6.07, 6.45) is 7.47. The number of rotatable bonds is 4. The van der Waals surface area contributed by atoms with Crippen LogP contribution >= 0.6 is 22.7 Å². The van der Waals surface area contributed by atoms with Crippen molar-refractivity contribution in [2.75, 3.05) is 26.2 Å². The highest BCUT2D eigenvalue weighted by atomic mass is 32.1. The molecule has 0 aromatic carbocycles. The number of aryl methyl sites for hydroxylation is 1. The van der Waals surface area contributed by atoms with Gasteiger partial charge in [0.05, 0.1) is 6.54 Å². The SMILES string of the molecule is Cc1ccc(CN2CCC3(CC2)CCN(Cc2nccs2)CC3)s1. The number of piperidine rings is 2. The van der Waals surface area contributed by atoms with Crippen molar-refractivity contribution in [2.24, 2.45) is 5.41 Å². The predicted octanol–water partition coefficient (Wildman–Crippen LogP) is 4.39. The van der Waals surface area contributed by atoms with Gasteiger partial charge in [-0.2, -0.15) is 0 Å². The van der Waals surface area contributed by atoms with Gasteiger partial charge in [-0.3, -0.25) is 9.80 Å². The maximum absolute atomic E-state index is 4.44. The Bertz CT molecular complexity index is 631. The van der Waals surface area contributed by atoms with Crippen LogP contribution in [0, 0.1) is 12.3 Å². The molecule has 2 aromatic heterocycles. The van der Waals surface area contributed by atoms with E-state index in [0.717, 1.165) is 13.1 Å². The molecule has 0 amide bonds. The normalized spacial score (nSPS) is 22.2. The zero-order valence-corrected chi connectivity index (χ0v) is 16.2. The van der Waals surface area contributed by atoms with Crippen molar-refractivity contribution in [3.05, 3.63) is 38.5 Å². The molecular formula is C19H27N3S2. The van der Waals surface area contributed by atoms with Crippen LogP contribution in [0.1, 0.15) is 40.4 Å². The molecule has 0 radical (unpaired) electrons. The number of hydrogen-bond acceptors (Lipinski definition) is 5. The van der Waals surface area contributed by atoms with Gasteiger partial charge >= 0.3 is 0 Å². The van der Waals surface area contributed by atoms with Gasteiger partial charge in [-0.25, -0.2) is 4.98 Å². The Morgan fingerprint density at radius 2 is 1.67 bits per heavy atom. The number of hydrogen-bond donors (Lipinski definition) is 0. The predicted molar refractivity (Wildman–Crippen MR) is 103 cm³/mol. The van der Waals surface area contributed by atoms with Crippen molar-refractivity contribution in [3.8, 4) is 0 Å². The molecule has 0 saturated carbocycles. The summed E-state index contributed by atoms with van der Waals surface area (Å²) in [6.45, 7) is 9.49. The second-order valence-electron chi connectivity index (χ2n) is 7.49. The number of nitrogens with zero attached hydrogens (tertiary/aromatic N) is 3. The van der Waals surface area contributed by atoms with Gasteiger partial charge in [0, 0.05) is 27.9 Å². The highest BCUT2D eigenvalue weighted by Gasteiger charge is 2.37. The standard InChI is InChI=1S/C19H27N3S2/c1-16-2-3-17(24-16)14-21-9-4-19(5-10-21)6-11-22(12-7-19)15-18-20-8-13-23-18/h2-3,8,13H,4-7,9-12,14-15H2,1H3. The molecule has 2 aliphatic heterocycles. The largest absolute Gasteiger partial charge is 0.298 e. The zero-order chi connectivity index (χ0) is 16.4. The lowest BCUT2D eigenvalue weighted by molar-refractivity contribution is 0.0302. The van der Waals surface area contributed by atoms with Crippen LogP contribution in [0.4, 0.5) is 0 Å². The number of aromatic nitrogens is 1. The zero-order valence-electron chi connectivity index (χ0n) is 14.5. The van der Waals surface area contributed by atoms with Crippen molar-refractivity contribution in [1.82, 2.24) is 14.8 Å². The molecular weight excluding hydrogens is 334 g/mol. The first-order valence-electron chi connectivity index (χ1n) is 9.09. The van der Waals surface area contributed by atoms with E-state index < -0.39 is 0 Å². The third-order valence-corrected chi connectivity index (χ3v) is 7.60. The molecule has 0 N–H and O–H groups in total. The Hall–Kier alpha value is -0.750. The first kappa shape index (κ1) is 16.7. The van der Waals surface area contributed by atoms with Gasteiger partial charge < -0.3 is 0 Å². The van der Waals surface area contributed by atoms with Crippen LogP contribution in [0.15, 0.2) is 23.7 Å². The minimum Gasteiger partial charge on any atom is -0.298 e. The van der Waals surface area contributed by atoms with Crippen LogP contribution in [0.5, 0.6) is 0 Å². The molecule has 2 fully saturated rings. The fraction of sp³-hybridized carbons (Fsp3) is 0.632. The summed E-state index contributed by atoms with van der Waals surface area (Å²) < 4.78 is 0. The van der Waals surface area contributed by atoms with Gasteiger partial charge in [0.15, 0.2) is 0 Å². The lowest BCUT2D eigenvalue weighted by Crippen LogP contribution is -2.46. The molecule has 130 valence electrons. The summed E-state index contributed by atoms with van der Waals surface area (Å²) in [6, 6.07) is 4.56. The topological polar surface area (TPSA) is 19.4 Å². The van der Waals surface area contributed by atoms with Crippen LogP contribution in [-0.4, -0.2) is 41.0 Å². The number of likely N-dealkylation sites (tertiary alicyclic amines) is 2. The highest BCUT2D eigenvalue weighted by Crippen LogP contribution is 2.41. The van der Waals surface area contributed by atoms with E-state index in [2.05, 4.69) is 39.2 Å². The fourth-order valence-corrected chi connectivity index (χ4v) is 5.77. The first-order chi connectivity index (χ1) is 11.7. The Balaban J connectivity index is 1.25. The Kier molecular flexibility index (Phi) is 5.04. The minimum atomic E-state index is 0.626. The monoisotopic (exact) mass is 361 g/mol. The van der Waals surface area contributed by atoms with E-state index in [1.165, 1.54) is 66.6 Å². The van der Waals surface area contributed by atoms with Crippen molar-refractivity contribution in [3.63, 3.8) is 0 Å². The number of thiophene rings is 1. The maximum atomic E-state index is 4.44. The van der Waals surface area contributed by atoms with E-state index in [1.54, 1.807) is 11.3 Å². The average molecular weight is 362 g/mol. The molecule has 2 aromatic rings. The molecule has 5 heteroatoms. The molecule has 0 unspecified atom stereocenters. The van der Waals surface area contributed by atoms with Gasteiger partial charge in [0.2, 0.25) is 0 Å². The summed E-state index contributed by atoms with van der Waals surface area (Å²) >= 11 is 3.75. The Morgan fingerprint density at radius 3 is 2.21 bits per heavy atom. The summed E-state index contributed by atoms with van der Waals surface area (Å²) in [5, 5.41) is 3.36. The third-order valence-electron chi connectivity index (χ3n) is 5.85. The molecule has 3 nitrogen and oxygen atoms in total. The number of thiazole rings is 1. The van der Waals surface area contributed by atoms with E-state index in [4.69, 9.17) is 0 Å². The molecule has 2 saturated heterocycles. The molecule has 0 aliphatic carbocycles. The van der Waals surface area contributed by atoms with E-state index >= 15 is 0 Å². The minimum absolute atomic E-state index is 0.626. The van der Waals surface area contributed by atoms with Gasteiger partial charge in [0.1, 0.15) is 5.01 Å². The van der Waals surface area contributed by atoms with Crippen LogP contribution in [0.3, 0.4) is 0 Å². The lowest BCUT2D eigenvalue weighted by Gasteiger charge is -2.46. The average Bonchev–Trinajstić information content (AvgIpc) is 3.24. The van der Waals surface area contributed by atoms with Crippen LogP contribution in [0.2, 0.25) is 0 Å².